The lowest BCUT2D eigenvalue weighted by Gasteiger charge is -2.15. The molecule has 1 aromatic rings. The Morgan fingerprint density at radius 2 is 2.06 bits per heavy atom. The SMILES string of the molecule is CNc1nc(C)nc(NCC2CCC(=O)N2)c1C. The maximum Gasteiger partial charge on any atom is 0.220 e. The zero-order valence-corrected chi connectivity index (χ0v) is 11.0. The van der Waals surface area contributed by atoms with E-state index in [1.807, 2.05) is 20.9 Å². The largest absolute Gasteiger partial charge is 0.373 e. The molecule has 0 aliphatic carbocycles. The van der Waals surface area contributed by atoms with E-state index < -0.39 is 0 Å². The lowest BCUT2D eigenvalue weighted by atomic mass is 10.2. The van der Waals surface area contributed by atoms with Gasteiger partial charge in [0, 0.05) is 31.6 Å². The van der Waals surface area contributed by atoms with Gasteiger partial charge >= 0.3 is 0 Å². The van der Waals surface area contributed by atoms with Crippen LogP contribution in [0.25, 0.3) is 0 Å². The van der Waals surface area contributed by atoms with E-state index in [4.69, 9.17) is 0 Å². The van der Waals surface area contributed by atoms with Crippen LogP contribution in [0.5, 0.6) is 0 Å². The van der Waals surface area contributed by atoms with Crippen molar-refractivity contribution in [3.05, 3.63) is 11.4 Å². The predicted octanol–water partition coefficient (Wildman–Crippen LogP) is 0.826. The number of aromatic nitrogens is 2. The summed E-state index contributed by atoms with van der Waals surface area (Å²) in [6.07, 6.45) is 1.50. The van der Waals surface area contributed by atoms with Crippen molar-refractivity contribution >= 4 is 17.5 Å². The van der Waals surface area contributed by atoms with E-state index in [0.717, 1.165) is 29.4 Å². The first-order valence-electron chi connectivity index (χ1n) is 6.16. The minimum atomic E-state index is 0.133. The van der Waals surface area contributed by atoms with Crippen molar-refractivity contribution < 1.29 is 4.79 Å². The summed E-state index contributed by atoms with van der Waals surface area (Å²) >= 11 is 0. The molecule has 3 N–H and O–H groups in total. The molecule has 1 saturated heterocycles. The Morgan fingerprint density at radius 1 is 1.33 bits per heavy atom. The van der Waals surface area contributed by atoms with E-state index in [-0.39, 0.29) is 11.9 Å². The van der Waals surface area contributed by atoms with Crippen LogP contribution in [0.4, 0.5) is 11.6 Å². The Morgan fingerprint density at radius 3 is 2.67 bits per heavy atom. The van der Waals surface area contributed by atoms with Crippen molar-refractivity contribution in [3.8, 4) is 0 Å². The van der Waals surface area contributed by atoms with Crippen LogP contribution in [0.3, 0.4) is 0 Å². The van der Waals surface area contributed by atoms with Gasteiger partial charge in [0.1, 0.15) is 17.5 Å². The molecule has 2 rings (SSSR count). The molecule has 1 aliphatic rings. The van der Waals surface area contributed by atoms with Gasteiger partial charge in [0.2, 0.25) is 5.91 Å². The molecule has 2 heterocycles. The quantitative estimate of drug-likeness (QED) is 0.736. The summed E-state index contributed by atoms with van der Waals surface area (Å²) in [6.45, 7) is 4.54. The molecule has 6 nitrogen and oxygen atoms in total. The summed E-state index contributed by atoms with van der Waals surface area (Å²) < 4.78 is 0. The lowest BCUT2D eigenvalue weighted by molar-refractivity contribution is -0.119. The van der Waals surface area contributed by atoms with Crippen molar-refractivity contribution in [1.29, 1.82) is 0 Å². The molecule has 6 heteroatoms. The van der Waals surface area contributed by atoms with Gasteiger partial charge in [-0.1, -0.05) is 0 Å². The summed E-state index contributed by atoms with van der Waals surface area (Å²) in [6, 6.07) is 0.199. The average molecular weight is 249 g/mol. The van der Waals surface area contributed by atoms with Crippen LogP contribution in [0, 0.1) is 13.8 Å². The number of carbonyl (C=O) groups excluding carboxylic acids is 1. The molecule has 0 aromatic carbocycles. The molecule has 1 fully saturated rings. The maximum atomic E-state index is 11.1. The van der Waals surface area contributed by atoms with Gasteiger partial charge in [-0.2, -0.15) is 0 Å². The summed E-state index contributed by atoms with van der Waals surface area (Å²) in [5, 5.41) is 9.26. The Labute approximate surface area is 107 Å². The van der Waals surface area contributed by atoms with Gasteiger partial charge in [0.15, 0.2) is 0 Å². The van der Waals surface area contributed by atoms with Gasteiger partial charge in [-0.15, -0.1) is 0 Å². The number of anilines is 2. The molecule has 1 aromatic heterocycles. The molecule has 1 unspecified atom stereocenters. The van der Waals surface area contributed by atoms with Gasteiger partial charge in [-0.05, 0) is 20.3 Å². The second-order valence-electron chi connectivity index (χ2n) is 4.53. The number of carbonyl (C=O) groups is 1. The molecule has 0 saturated carbocycles. The van der Waals surface area contributed by atoms with Crippen LogP contribution in [-0.2, 0) is 4.79 Å². The second kappa shape index (κ2) is 5.20. The molecular formula is C12H19N5O. The highest BCUT2D eigenvalue weighted by Gasteiger charge is 2.20. The Kier molecular flexibility index (Phi) is 3.64. The van der Waals surface area contributed by atoms with Crippen LogP contribution in [-0.4, -0.2) is 35.5 Å². The summed E-state index contributed by atoms with van der Waals surface area (Å²) in [7, 11) is 1.84. The third kappa shape index (κ3) is 2.69. The number of nitrogens with zero attached hydrogens (tertiary/aromatic N) is 2. The molecule has 1 atom stereocenters. The fraction of sp³-hybridized carbons (Fsp3) is 0.583. The van der Waals surface area contributed by atoms with E-state index in [1.54, 1.807) is 0 Å². The molecular weight excluding hydrogens is 230 g/mol. The Hall–Kier alpha value is -1.85. The van der Waals surface area contributed by atoms with Gasteiger partial charge in [0.05, 0.1) is 0 Å². The van der Waals surface area contributed by atoms with Gasteiger partial charge in [0.25, 0.3) is 0 Å². The molecule has 98 valence electrons. The van der Waals surface area contributed by atoms with E-state index in [9.17, 15) is 4.79 Å². The van der Waals surface area contributed by atoms with Crippen LogP contribution in [0.1, 0.15) is 24.2 Å². The van der Waals surface area contributed by atoms with E-state index in [1.165, 1.54) is 0 Å². The van der Waals surface area contributed by atoms with Crippen molar-refractivity contribution in [2.45, 2.75) is 32.7 Å². The predicted molar refractivity (Wildman–Crippen MR) is 70.7 cm³/mol. The fourth-order valence-electron chi connectivity index (χ4n) is 2.09. The molecule has 0 radical (unpaired) electrons. The smallest absolute Gasteiger partial charge is 0.220 e. The summed E-state index contributed by atoms with van der Waals surface area (Å²) in [5.41, 5.74) is 0.993. The van der Waals surface area contributed by atoms with E-state index in [0.29, 0.717) is 13.0 Å². The molecule has 0 spiro atoms. The van der Waals surface area contributed by atoms with Crippen LogP contribution in [0.15, 0.2) is 0 Å². The molecule has 0 bridgehead atoms. The number of nitrogens with one attached hydrogen (secondary N) is 3. The molecule has 1 amide bonds. The first kappa shape index (κ1) is 12.6. The summed E-state index contributed by atoms with van der Waals surface area (Å²) in [4.78, 5) is 19.8. The van der Waals surface area contributed by atoms with Crippen LogP contribution in [0.2, 0.25) is 0 Å². The van der Waals surface area contributed by atoms with Gasteiger partial charge < -0.3 is 16.0 Å². The summed E-state index contributed by atoms with van der Waals surface area (Å²) in [5.74, 6) is 2.52. The van der Waals surface area contributed by atoms with Crippen LogP contribution < -0.4 is 16.0 Å². The fourth-order valence-corrected chi connectivity index (χ4v) is 2.09. The molecule has 1 aliphatic heterocycles. The number of amides is 1. The third-order valence-electron chi connectivity index (χ3n) is 3.10. The monoisotopic (exact) mass is 249 g/mol. The minimum absolute atomic E-state index is 0.133. The average Bonchev–Trinajstić information content (AvgIpc) is 2.75. The topological polar surface area (TPSA) is 78.9 Å². The first-order chi connectivity index (χ1) is 8.60. The number of hydrogen-bond donors (Lipinski definition) is 3. The highest BCUT2D eigenvalue weighted by Crippen LogP contribution is 2.19. The first-order valence-corrected chi connectivity index (χ1v) is 6.16. The van der Waals surface area contributed by atoms with Gasteiger partial charge in [-0.3, -0.25) is 4.79 Å². The maximum absolute atomic E-state index is 11.1. The lowest BCUT2D eigenvalue weighted by Crippen LogP contribution is -2.32. The number of aryl methyl sites for hydroxylation is 1. The van der Waals surface area contributed by atoms with E-state index >= 15 is 0 Å². The number of rotatable bonds is 4. The Bertz CT molecular complexity index is 460. The normalized spacial score (nSPS) is 18.6. The second-order valence-corrected chi connectivity index (χ2v) is 4.53. The molecule has 18 heavy (non-hydrogen) atoms. The zero-order chi connectivity index (χ0) is 13.1. The van der Waals surface area contributed by atoms with Crippen molar-refractivity contribution in [2.75, 3.05) is 24.2 Å². The van der Waals surface area contributed by atoms with E-state index in [2.05, 4.69) is 25.9 Å². The van der Waals surface area contributed by atoms with Gasteiger partial charge in [-0.25, -0.2) is 9.97 Å². The van der Waals surface area contributed by atoms with Crippen LogP contribution >= 0.6 is 0 Å². The highest BCUT2D eigenvalue weighted by molar-refractivity contribution is 5.78. The standard InChI is InChI=1S/C12H19N5O/c1-7-11(13-3)15-8(2)16-12(7)14-6-9-4-5-10(18)17-9/h9H,4-6H2,1-3H3,(H,17,18)(H2,13,14,15,16). The zero-order valence-electron chi connectivity index (χ0n) is 11.0. The highest BCUT2D eigenvalue weighted by atomic mass is 16.1. The third-order valence-corrected chi connectivity index (χ3v) is 3.10. The van der Waals surface area contributed by atoms with Crippen molar-refractivity contribution in [3.63, 3.8) is 0 Å². The van der Waals surface area contributed by atoms with Crippen molar-refractivity contribution in [1.82, 2.24) is 15.3 Å². The Balaban J connectivity index is 2.04. The number of hydrogen-bond acceptors (Lipinski definition) is 5. The van der Waals surface area contributed by atoms with Crippen molar-refractivity contribution in [2.24, 2.45) is 0 Å². The minimum Gasteiger partial charge on any atom is -0.373 e.